The molecule has 30 heavy (non-hydrogen) atoms. The van der Waals surface area contributed by atoms with E-state index in [0.717, 1.165) is 0 Å². The second-order valence-corrected chi connectivity index (χ2v) is 11.1. The van der Waals surface area contributed by atoms with Gasteiger partial charge in [-0.25, -0.2) is 16.8 Å². The number of nitrogens with one attached hydrogen (secondary N) is 1. The molecule has 0 bridgehead atoms. The molecule has 8 nitrogen and oxygen atoms in total. The largest absolute Gasteiger partial charge is 0.376 e. The lowest BCUT2D eigenvalue weighted by molar-refractivity contribution is -0.130. The van der Waals surface area contributed by atoms with Gasteiger partial charge >= 0.3 is 0 Å². The Bertz CT molecular complexity index is 1080. The van der Waals surface area contributed by atoms with Crippen LogP contribution in [0.15, 0.2) is 64.4 Å². The summed E-state index contributed by atoms with van der Waals surface area (Å²) in [5.74, 6) is -0.110. The highest BCUT2D eigenvalue weighted by Gasteiger charge is 2.29. The van der Waals surface area contributed by atoms with Gasteiger partial charge in [0.05, 0.1) is 22.1 Å². The highest BCUT2D eigenvalue weighted by Crippen LogP contribution is 2.18. The van der Waals surface area contributed by atoms with Crippen LogP contribution in [-0.2, 0) is 24.7 Å². The SMILES string of the molecule is CCS(=O)(=O)c1ccc(NCC(=O)N2CCN(S(=O)(=O)c3ccccc3)CC2)cc1. The summed E-state index contributed by atoms with van der Waals surface area (Å²) in [6, 6.07) is 14.5. The van der Waals surface area contributed by atoms with Crippen molar-refractivity contribution in [2.24, 2.45) is 0 Å². The Morgan fingerprint density at radius 1 is 0.867 bits per heavy atom. The third-order valence-electron chi connectivity index (χ3n) is 5.01. The predicted molar refractivity (Wildman–Crippen MR) is 114 cm³/mol. The van der Waals surface area contributed by atoms with Crippen LogP contribution in [0.3, 0.4) is 0 Å². The van der Waals surface area contributed by atoms with Crippen molar-refractivity contribution >= 4 is 31.5 Å². The summed E-state index contributed by atoms with van der Waals surface area (Å²) in [5.41, 5.74) is 0.642. The number of sulfone groups is 1. The minimum Gasteiger partial charge on any atom is -0.376 e. The third-order valence-corrected chi connectivity index (χ3v) is 8.67. The van der Waals surface area contributed by atoms with Crippen molar-refractivity contribution in [1.29, 1.82) is 0 Å². The van der Waals surface area contributed by atoms with E-state index in [1.54, 1.807) is 54.3 Å². The van der Waals surface area contributed by atoms with Crippen LogP contribution < -0.4 is 5.32 Å². The number of sulfonamides is 1. The summed E-state index contributed by atoms with van der Waals surface area (Å²) >= 11 is 0. The van der Waals surface area contributed by atoms with Crippen molar-refractivity contribution in [3.63, 3.8) is 0 Å². The molecule has 1 aliphatic rings. The van der Waals surface area contributed by atoms with E-state index in [1.165, 1.54) is 16.4 Å². The van der Waals surface area contributed by atoms with Gasteiger partial charge in [0.2, 0.25) is 15.9 Å². The lowest BCUT2D eigenvalue weighted by atomic mass is 10.3. The van der Waals surface area contributed by atoms with Crippen LogP contribution in [0, 0.1) is 0 Å². The van der Waals surface area contributed by atoms with Crippen LogP contribution in [0.1, 0.15) is 6.92 Å². The second-order valence-electron chi connectivity index (χ2n) is 6.88. The maximum Gasteiger partial charge on any atom is 0.243 e. The van der Waals surface area contributed by atoms with Crippen LogP contribution >= 0.6 is 0 Å². The smallest absolute Gasteiger partial charge is 0.243 e. The van der Waals surface area contributed by atoms with E-state index in [1.807, 2.05) is 0 Å². The summed E-state index contributed by atoms with van der Waals surface area (Å²) in [7, 11) is -6.81. The van der Waals surface area contributed by atoms with Crippen molar-refractivity contribution in [2.75, 3.05) is 43.8 Å². The first kappa shape index (κ1) is 22.3. The molecular formula is C20H25N3O5S2. The Labute approximate surface area is 177 Å². The van der Waals surface area contributed by atoms with Crippen molar-refractivity contribution in [3.05, 3.63) is 54.6 Å². The van der Waals surface area contributed by atoms with Crippen LogP contribution in [-0.4, -0.2) is 70.4 Å². The molecule has 3 rings (SSSR count). The van der Waals surface area contributed by atoms with E-state index in [2.05, 4.69) is 5.32 Å². The maximum atomic E-state index is 12.7. The van der Waals surface area contributed by atoms with Gasteiger partial charge in [-0.2, -0.15) is 4.31 Å². The number of nitrogens with zero attached hydrogens (tertiary/aromatic N) is 2. The first-order chi connectivity index (χ1) is 14.2. The fourth-order valence-electron chi connectivity index (χ4n) is 3.16. The molecule has 1 amide bonds. The van der Waals surface area contributed by atoms with Gasteiger partial charge in [0.15, 0.2) is 9.84 Å². The topological polar surface area (TPSA) is 104 Å². The molecule has 2 aromatic carbocycles. The average molecular weight is 452 g/mol. The Morgan fingerprint density at radius 3 is 2.03 bits per heavy atom. The zero-order valence-corrected chi connectivity index (χ0v) is 18.3. The normalized spacial score (nSPS) is 15.7. The monoisotopic (exact) mass is 451 g/mol. The molecule has 0 aliphatic carbocycles. The lowest BCUT2D eigenvalue weighted by Gasteiger charge is -2.34. The summed E-state index contributed by atoms with van der Waals surface area (Å²) in [6.07, 6.45) is 0. The van der Waals surface area contributed by atoms with Gasteiger partial charge in [-0.05, 0) is 36.4 Å². The van der Waals surface area contributed by atoms with Gasteiger partial charge < -0.3 is 10.2 Å². The fourth-order valence-corrected chi connectivity index (χ4v) is 5.48. The molecule has 1 saturated heterocycles. The molecule has 1 N–H and O–H groups in total. The van der Waals surface area contributed by atoms with Crippen molar-refractivity contribution in [1.82, 2.24) is 9.21 Å². The number of benzene rings is 2. The van der Waals surface area contributed by atoms with Crippen molar-refractivity contribution in [2.45, 2.75) is 16.7 Å². The molecule has 0 atom stereocenters. The van der Waals surface area contributed by atoms with E-state index in [-0.39, 0.29) is 41.1 Å². The molecule has 1 fully saturated rings. The predicted octanol–water partition coefficient (Wildman–Crippen LogP) is 1.43. The summed E-state index contributed by atoms with van der Waals surface area (Å²) < 4.78 is 50.4. The Balaban J connectivity index is 1.52. The molecule has 2 aromatic rings. The van der Waals surface area contributed by atoms with Crippen molar-refractivity contribution < 1.29 is 21.6 Å². The summed E-state index contributed by atoms with van der Waals surface area (Å²) in [6.45, 7) is 2.76. The Hall–Kier alpha value is -2.43. The number of anilines is 1. The number of rotatable bonds is 7. The van der Waals surface area contributed by atoms with Gasteiger partial charge in [-0.3, -0.25) is 4.79 Å². The van der Waals surface area contributed by atoms with Gasteiger partial charge in [0, 0.05) is 31.9 Å². The molecule has 10 heteroatoms. The molecule has 1 aliphatic heterocycles. The number of amides is 1. The first-order valence-corrected chi connectivity index (χ1v) is 12.7. The first-order valence-electron chi connectivity index (χ1n) is 9.64. The molecule has 162 valence electrons. The molecule has 1 heterocycles. The minimum absolute atomic E-state index is 0.0320. The van der Waals surface area contributed by atoms with Gasteiger partial charge in [0.25, 0.3) is 0 Å². The van der Waals surface area contributed by atoms with E-state index in [0.29, 0.717) is 18.8 Å². The third kappa shape index (κ3) is 5.00. The number of hydrogen-bond donors (Lipinski definition) is 1. The minimum atomic E-state index is -3.55. The Morgan fingerprint density at radius 2 is 1.47 bits per heavy atom. The molecule has 0 spiro atoms. The zero-order chi connectivity index (χ0) is 21.8. The van der Waals surface area contributed by atoms with Gasteiger partial charge in [-0.1, -0.05) is 25.1 Å². The van der Waals surface area contributed by atoms with E-state index in [4.69, 9.17) is 0 Å². The quantitative estimate of drug-likeness (QED) is 0.683. The van der Waals surface area contributed by atoms with Crippen LogP contribution in [0.25, 0.3) is 0 Å². The van der Waals surface area contributed by atoms with Crippen LogP contribution in [0.4, 0.5) is 5.69 Å². The van der Waals surface area contributed by atoms with Gasteiger partial charge in [0.1, 0.15) is 0 Å². The van der Waals surface area contributed by atoms with E-state index < -0.39 is 19.9 Å². The fraction of sp³-hybridized carbons (Fsp3) is 0.350. The lowest BCUT2D eigenvalue weighted by Crippen LogP contribution is -2.51. The standard InChI is InChI=1S/C20H25N3O5S2/c1-2-29(25,26)18-10-8-17(9-11-18)21-16-20(24)22-12-14-23(15-13-22)30(27,28)19-6-4-3-5-7-19/h3-11,21H,2,12-16H2,1H3. The summed E-state index contributed by atoms with van der Waals surface area (Å²) in [5, 5.41) is 2.99. The molecule has 0 aromatic heterocycles. The van der Waals surface area contributed by atoms with Crippen LogP contribution in [0.2, 0.25) is 0 Å². The number of carbonyl (C=O) groups excluding carboxylic acids is 1. The molecule has 0 radical (unpaired) electrons. The average Bonchev–Trinajstić information content (AvgIpc) is 2.78. The maximum absolute atomic E-state index is 12.7. The number of hydrogen-bond acceptors (Lipinski definition) is 6. The molecular weight excluding hydrogens is 426 g/mol. The van der Waals surface area contributed by atoms with E-state index >= 15 is 0 Å². The highest BCUT2D eigenvalue weighted by atomic mass is 32.2. The number of piperazine rings is 1. The zero-order valence-electron chi connectivity index (χ0n) is 16.7. The number of carbonyl (C=O) groups is 1. The Kier molecular flexibility index (Phi) is 6.79. The highest BCUT2D eigenvalue weighted by molar-refractivity contribution is 7.91. The van der Waals surface area contributed by atoms with E-state index in [9.17, 15) is 21.6 Å². The second kappa shape index (κ2) is 9.15. The molecule has 0 saturated carbocycles. The van der Waals surface area contributed by atoms with Crippen LogP contribution in [0.5, 0.6) is 0 Å². The summed E-state index contributed by atoms with van der Waals surface area (Å²) in [4.78, 5) is 14.6. The molecule has 0 unspecified atom stereocenters. The van der Waals surface area contributed by atoms with Gasteiger partial charge in [-0.15, -0.1) is 0 Å². The van der Waals surface area contributed by atoms with Crippen molar-refractivity contribution in [3.8, 4) is 0 Å².